The zero-order chi connectivity index (χ0) is 19.6. The third-order valence-corrected chi connectivity index (χ3v) is 4.89. The van der Waals surface area contributed by atoms with Gasteiger partial charge in [-0.2, -0.15) is 9.61 Å². The van der Waals surface area contributed by atoms with Crippen molar-refractivity contribution in [3.05, 3.63) is 78.4 Å². The van der Waals surface area contributed by atoms with Crippen molar-refractivity contribution < 1.29 is 4.74 Å². The van der Waals surface area contributed by atoms with Crippen molar-refractivity contribution in [1.82, 2.24) is 29.8 Å². The van der Waals surface area contributed by atoms with Gasteiger partial charge in [0.05, 0.1) is 30.0 Å². The van der Waals surface area contributed by atoms with E-state index in [1.807, 2.05) is 59.1 Å². The van der Waals surface area contributed by atoms with E-state index in [4.69, 9.17) is 9.84 Å². The molecule has 0 fully saturated rings. The van der Waals surface area contributed by atoms with Crippen LogP contribution in [0.1, 0.15) is 11.4 Å². The number of hydrogen-bond acceptors (Lipinski definition) is 6. The Bertz CT molecular complexity index is 1300. The second kappa shape index (κ2) is 7.27. The average molecular weight is 382 g/mol. The molecule has 5 rings (SSSR count). The number of aromatic nitrogens is 6. The summed E-state index contributed by atoms with van der Waals surface area (Å²) in [5.41, 5.74) is 5.49. The standard InChI is InChI=1S/C22H18N6O/c1-29-17-13-19-22(24-14-17)16(11-12-23-19)7-9-20-25-26-21-10-8-18(27-28(20)21)15-5-3-2-4-6-15/h2-6,8,10-14H,7,9H2,1H3. The first kappa shape index (κ1) is 17.2. The zero-order valence-electron chi connectivity index (χ0n) is 15.9. The van der Waals surface area contributed by atoms with E-state index in [0.717, 1.165) is 45.7 Å². The van der Waals surface area contributed by atoms with Crippen LogP contribution in [0, 0.1) is 0 Å². The second-order valence-electron chi connectivity index (χ2n) is 6.68. The molecular weight excluding hydrogens is 364 g/mol. The highest BCUT2D eigenvalue weighted by Crippen LogP contribution is 2.21. The molecule has 0 saturated heterocycles. The highest BCUT2D eigenvalue weighted by Gasteiger charge is 2.11. The van der Waals surface area contributed by atoms with Crippen molar-refractivity contribution in [3.63, 3.8) is 0 Å². The Labute approximate surface area is 167 Å². The maximum absolute atomic E-state index is 5.24. The molecule has 142 valence electrons. The lowest BCUT2D eigenvalue weighted by molar-refractivity contribution is 0.413. The molecule has 0 spiro atoms. The molecule has 0 atom stereocenters. The predicted octanol–water partition coefficient (Wildman–Crippen LogP) is 3.53. The molecule has 0 N–H and O–H groups in total. The molecule has 0 bridgehead atoms. The van der Waals surface area contributed by atoms with Gasteiger partial charge in [0.15, 0.2) is 11.5 Å². The lowest BCUT2D eigenvalue weighted by atomic mass is 10.1. The number of fused-ring (bicyclic) bond motifs is 2. The molecule has 0 saturated carbocycles. The first-order valence-electron chi connectivity index (χ1n) is 9.36. The van der Waals surface area contributed by atoms with Crippen LogP contribution in [-0.4, -0.2) is 36.9 Å². The van der Waals surface area contributed by atoms with Crippen molar-refractivity contribution in [2.75, 3.05) is 7.11 Å². The van der Waals surface area contributed by atoms with Gasteiger partial charge in [0.1, 0.15) is 5.75 Å². The summed E-state index contributed by atoms with van der Waals surface area (Å²) in [4.78, 5) is 8.92. The van der Waals surface area contributed by atoms with Crippen LogP contribution in [-0.2, 0) is 12.8 Å². The maximum atomic E-state index is 5.24. The molecule has 0 unspecified atom stereocenters. The number of hydrogen-bond donors (Lipinski definition) is 0. The van der Waals surface area contributed by atoms with Crippen LogP contribution in [0.25, 0.3) is 27.9 Å². The van der Waals surface area contributed by atoms with E-state index in [0.29, 0.717) is 12.2 Å². The highest BCUT2D eigenvalue weighted by atomic mass is 16.5. The Hall–Kier alpha value is -3.87. The summed E-state index contributed by atoms with van der Waals surface area (Å²) in [6.45, 7) is 0. The van der Waals surface area contributed by atoms with Crippen LogP contribution < -0.4 is 4.74 Å². The molecule has 29 heavy (non-hydrogen) atoms. The van der Waals surface area contributed by atoms with Crippen molar-refractivity contribution >= 4 is 16.7 Å². The number of benzene rings is 1. The molecule has 7 heteroatoms. The van der Waals surface area contributed by atoms with E-state index in [-0.39, 0.29) is 0 Å². The normalized spacial score (nSPS) is 11.2. The quantitative estimate of drug-likeness (QED) is 0.463. The summed E-state index contributed by atoms with van der Waals surface area (Å²) >= 11 is 0. The smallest absolute Gasteiger partial charge is 0.177 e. The van der Waals surface area contributed by atoms with E-state index in [9.17, 15) is 0 Å². The van der Waals surface area contributed by atoms with Gasteiger partial charge in [0, 0.05) is 24.2 Å². The Morgan fingerprint density at radius 1 is 0.931 bits per heavy atom. The van der Waals surface area contributed by atoms with E-state index < -0.39 is 0 Å². The van der Waals surface area contributed by atoms with Gasteiger partial charge in [-0.3, -0.25) is 9.97 Å². The first-order chi connectivity index (χ1) is 14.3. The lowest BCUT2D eigenvalue weighted by Gasteiger charge is -2.06. The number of ether oxygens (including phenoxy) is 1. The minimum absolute atomic E-state index is 0.694. The Morgan fingerprint density at radius 3 is 2.69 bits per heavy atom. The Kier molecular flexibility index (Phi) is 4.32. The van der Waals surface area contributed by atoms with Gasteiger partial charge in [0.25, 0.3) is 0 Å². The van der Waals surface area contributed by atoms with Gasteiger partial charge < -0.3 is 4.74 Å². The summed E-state index contributed by atoms with van der Waals surface area (Å²) < 4.78 is 7.07. The molecular formula is C22H18N6O. The van der Waals surface area contributed by atoms with E-state index in [1.54, 1.807) is 19.5 Å². The average Bonchev–Trinajstić information content (AvgIpc) is 3.20. The summed E-state index contributed by atoms with van der Waals surface area (Å²) in [7, 11) is 1.62. The molecule has 0 aliphatic heterocycles. The molecule has 1 aromatic carbocycles. The SMILES string of the molecule is COc1cnc2c(CCc3nnc4ccc(-c5ccccc5)nn34)ccnc2c1. The van der Waals surface area contributed by atoms with Crippen LogP contribution in [0.4, 0.5) is 0 Å². The molecule has 0 aliphatic rings. The second-order valence-corrected chi connectivity index (χ2v) is 6.68. The van der Waals surface area contributed by atoms with Crippen LogP contribution in [0.5, 0.6) is 5.75 Å². The van der Waals surface area contributed by atoms with E-state index >= 15 is 0 Å². The zero-order valence-corrected chi connectivity index (χ0v) is 15.9. The molecule has 0 amide bonds. The number of pyridine rings is 2. The number of methoxy groups -OCH3 is 1. The van der Waals surface area contributed by atoms with Gasteiger partial charge in [-0.15, -0.1) is 10.2 Å². The van der Waals surface area contributed by atoms with Crippen molar-refractivity contribution in [2.24, 2.45) is 0 Å². The topological polar surface area (TPSA) is 78.1 Å². The van der Waals surface area contributed by atoms with Crippen LogP contribution in [0.2, 0.25) is 0 Å². The number of nitrogens with zero attached hydrogens (tertiary/aromatic N) is 6. The van der Waals surface area contributed by atoms with Gasteiger partial charge in [-0.25, -0.2) is 0 Å². The van der Waals surface area contributed by atoms with Crippen molar-refractivity contribution in [2.45, 2.75) is 12.8 Å². The lowest BCUT2D eigenvalue weighted by Crippen LogP contribution is -2.03. The highest BCUT2D eigenvalue weighted by molar-refractivity contribution is 5.78. The van der Waals surface area contributed by atoms with E-state index in [1.165, 1.54) is 0 Å². The minimum atomic E-state index is 0.694. The predicted molar refractivity (Wildman–Crippen MR) is 110 cm³/mol. The fourth-order valence-electron chi connectivity index (χ4n) is 3.38. The van der Waals surface area contributed by atoms with Gasteiger partial charge >= 0.3 is 0 Å². The molecule has 4 heterocycles. The van der Waals surface area contributed by atoms with Gasteiger partial charge in [-0.05, 0) is 30.2 Å². The van der Waals surface area contributed by atoms with Gasteiger partial charge in [-0.1, -0.05) is 30.3 Å². The van der Waals surface area contributed by atoms with Gasteiger partial charge in [0.2, 0.25) is 0 Å². The first-order valence-corrected chi connectivity index (χ1v) is 9.36. The maximum Gasteiger partial charge on any atom is 0.177 e. The van der Waals surface area contributed by atoms with Crippen molar-refractivity contribution in [3.8, 4) is 17.0 Å². The summed E-state index contributed by atoms with van der Waals surface area (Å²) in [5, 5.41) is 13.4. The molecule has 5 aromatic rings. The summed E-state index contributed by atoms with van der Waals surface area (Å²) in [6, 6.07) is 17.9. The fraction of sp³-hybridized carbons (Fsp3) is 0.136. The summed E-state index contributed by atoms with van der Waals surface area (Å²) in [6.07, 6.45) is 4.97. The Morgan fingerprint density at radius 2 is 1.83 bits per heavy atom. The minimum Gasteiger partial charge on any atom is -0.495 e. The van der Waals surface area contributed by atoms with Crippen LogP contribution >= 0.6 is 0 Å². The summed E-state index contributed by atoms with van der Waals surface area (Å²) in [5.74, 6) is 1.51. The van der Waals surface area contributed by atoms with Crippen LogP contribution in [0.3, 0.4) is 0 Å². The Balaban J connectivity index is 1.46. The number of rotatable bonds is 5. The molecule has 7 nitrogen and oxygen atoms in total. The largest absolute Gasteiger partial charge is 0.495 e. The molecule has 0 radical (unpaired) electrons. The third-order valence-electron chi connectivity index (χ3n) is 4.89. The molecule has 0 aliphatic carbocycles. The fourth-order valence-corrected chi connectivity index (χ4v) is 3.38. The van der Waals surface area contributed by atoms with E-state index in [2.05, 4.69) is 20.2 Å². The number of aryl methyl sites for hydroxylation is 2. The van der Waals surface area contributed by atoms with Crippen molar-refractivity contribution in [1.29, 1.82) is 0 Å². The van der Waals surface area contributed by atoms with Crippen LogP contribution in [0.15, 0.2) is 67.0 Å². The monoisotopic (exact) mass is 382 g/mol. The molecule has 4 aromatic heterocycles. The third kappa shape index (κ3) is 3.27.